The van der Waals surface area contributed by atoms with Gasteiger partial charge in [0.1, 0.15) is 0 Å². The summed E-state index contributed by atoms with van der Waals surface area (Å²) in [7, 11) is 0. The predicted octanol–water partition coefficient (Wildman–Crippen LogP) is 6.51. The van der Waals surface area contributed by atoms with Gasteiger partial charge in [-0.05, 0) is 0 Å². The van der Waals surface area contributed by atoms with Crippen molar-refractivity contribution in [2.24, 2.45) is 0 Å². The summed E-state index contributed by atoms with van der Waals surface area (Å²) in [4.78, 5) is 0. The zero-order chi connectivity index (χ0) is 23.7. The molecule has 34 heavy (non-hydrogen) atoms. The molecule has 0 aromatic heterocycles. The van der Waals surface area contributed by atoms with Gasteiger partial charge in [-0.3, -0.25) is 0 Å². The van der Waals surface area contributed by atoms with Crippen molar-refractivity contribution in [2.75, 3.05) is 0 Å². The molecule has 0 nitrogen and oxygen atoms in total. The van der Waals surface area contributed by atoms with Crippen LogP contribution in [0.4, 0.5) is 0 Å². The molecule has 0 amide bonds. The van der Waals surface area contributed by atoms with Crippen LogP contribution in [0, 0.1) is 13.8 Å². The summed E-state index contributed by atoms with van der Waals surface area (Å²) in [6.45, 7) is 12.3. The van der Waals surface area contributed by atoms with Crippen molar-refractivity contribution in [3.63, 3.8) is 0 Å². The Morgan fingerprint density at radius 3 is 1.41 bits per heavy atom. The van der Waals surface area contributed by atoms with Gasteiger partial charge in [0.2, 0.25) is 0 Å². The quantitative estimate of drug-likeness (QED) is 0.225. The fourth-order valence-electron chi connectivity index (χ4n) is 7.31. The van der Waals surface area contributed by atoms with E-state index in [-0.39, 0.29) is 0 Å². The Hall–Kier alpha value is -2.02. The van der Waals surface area contributed by atoms with Crippen molar-refractivity contribution in [1.82, 2.24) is 0 Å². The van der Waals surface area contributed by atoms with E-state index in [1.807, 2.05) is 0 Å². The normalized spacial score (nSPS) is 13.9. The van der Waals surface area contributed by atoms with Gasteiger partial charge < -0.3 is 0 Å². The number of fused-ring (bicyclic) bond motifs is 6. The number of benzene rings is 4. The van der Waals surface area contributed by atoms with Crippen LogP contribution in [0.2, 0.25) is 8.26 Å². The molecule has 0 fully saturated rings. The van der Waals surface area contributed by atoms with Gasteiger partial charge in [-0.15, -0.1) is 0 Å². The Kier molecular flexibility index (Phi) is 5.11. The molecule has 0 heterocycles. The van der Waals surface area contributed by atoms with E-state index >= 15 is 0 Å². The Labute approximate surface area is 206 Å². The van der Waals surface area contributed by atoms with Crippen LogP contribution in [0.1, 0.15) is 47.2 Å². The summed E-state index contributed by atoms with van der Waals surface area (Å²) in [6.07, 6.45) is 2.18. The van der Waals surface area contributed by atoms with E-state index in [2.05, 4.69) is 107 Å². The van der Waals surface area contributed by atoms with Gasteiger partial charge in [-0.2, -0.15) is 0 Å². The first kappa shape index (κ1) is 22.4. The standard InChI is InChI=1S/2C14H11.2C2H5.H2Si.Zr/c2*1-10-5-4-8-13-12-7-3-2-6-11(12)9-14(10)13;2*1-2;;/h2*2-4,6-8H,9H2,1H3;2*1H2,2H3;1H2;. The summed E-state index contributed by atoms with van der Waals surface area (Å²) >= 11 is -3.53. The van der Waals surface area contributed by atoms with Crippen molar-refractivity contribution in [1.29, 1.82) is 0 Å². The summed E-state index contributed by atoms with van der Waals surface area (Å²) in [5.74, 6) is 0. The van der Waals surface area contributed by atoms with E-state index in [1.54, 1.807) is 28.8 Å². The second-order valence-corrected chi connectivity index (χ2v) is 36.6. The average Bonchev–Trinajstić information content (AvgIpc) is 3.44. The topological polar surface area (TPSA) is 0 Å². The van der Waals surface area contributed by atoms with Gasteiger partial charge in [0, 0.05) is 0 Å². The molecule has 170 valence electrons. The third-order valence-corrected chi connectivity index (χ3v) is 38.1. The Balaban J connectivity index is 1.58. The molecule has 2 heteroatoms. The predicted molar refractivity (Wildman–Crippen MR) is 148 cm³/mol. The molecule has 0 unspecified atom stereocenters. The number of hydrogen-bond donors (Lipinski definition) is 0. The van der Waals surface area contributed by atoms with Gasteiger partial charge >= 0.3 is 208 Å². The molecule has 2 aliphatic rings. The van der Waals surface area contributed by atoms with Gasteiger partial charge in [-0.25, -0.2) is 0 Å². The van der Waals surface area contributed by atoms with Crippen molar-refractivity contribution in [3.05, 3.63) is 106 Å². The van der Waals surface area contributed by atoms with E-state index in [0.717, 1.165) is 12.8 Å². The summed E-state index contributed by atoms with van der Waals surface area (Å²) in [5, 5.41) is 0. The molecular weight excluding hydrogens is 504 g/mol. The molecule has 4 aromatic carbocycles. The van der Waals surface area contributed by atoms with E-state index in [4.69, 9.17) is 0 Å². The van der Waals surface area contributed by atoms with Crippen LogP contribution in [0.5, 0.6) is 0 Å². The molecule has 0 bridgehead atoms. The summed E-state index contributed by atoms with van der Waals surface area (Å²) < 4.78 is 6.06. The van der Waals surface area contributed by atoms with Gasteiger partial charge in [0.15, 0.2) is 0 Å². The van der Waals surface area contributed by atoms with E-state index in [9.17, 15) is 0 Å². The van der Waals surface area contributed by atoms with Crippen molar-refractivity contribution >= 4 is 13.4 Å². The van der Waals surface area contributed by atoms with E-state index < -0.39 is 17.4 Å². The van der Waals surface area contributed by atoms with Gasteiger partial charge in [0.25, 0.3) is 0 Å². The van der Waals surface area contributed by atoms with Crippen molar-refractivity contribution < 1.29 is 17.4 Å². The SMILES string of the molecule is C[CH2][Zr](=[SiH2])([CH2]C)([c]1ccc2c(c1C)Cc1ccccc1-2)[c]1ccc2c(c1C)Cc1ccccc1-2. The molecule has 0 spiro atoms. The fourth-order valence-corrected chi connectivity index (χ4v) is 25.7. The zero-order valence-electron chi connectivity index (χ0n) is 21.0. The minimum atomic E-state index is -3.53. The average molecular weight is 538 g/mol. The molecule has 0 N–H and O–H groups in total. The maximum atomic E-state index is 2.56. The fraction of sp³-hybridized carbons (Fsp3) is 0.250. The third kappa shape index (κ3) is 2.85. The molecule has 4 aromatic rings. The molecule has 6 rings (SSSR count). The maximum absolute atomic E-state index is 3.53. The monoisotopic (exact) mass is 536 g/mol. The Morgan fingerprint density at radius 1 is 0.588 bits per heavy atom. The van der Waals surface area contributed by atoms with Gasteiger partial charge in [-0.1, -0.05) is 0 Å². The van der Waals surface area contributed by atoms with Crippen LogP contribution in [0.15, 0.2) is 72.8 Å². The van der Waals surface area contributed by atoms with E-state index in [0.29, 0.717) is 0 Å². The van der Waals surface area contributed by atoms with Crippen molar-refractivity contribution in [2.45, 2.75) is 48.8 Å². The molecule has 2 aliphatic carbocycles. The Morgan fingerprint density at radius 2 is 1.00 bits per heavy atom. The number of rotatable bonds is 4. The number of hydrogen-bond acceptors (Lipinski definition) is 0. The van der Waals surface area contributed by atoms with Crippen LogP contribution in [-0.2, 0) is 30.2 Å². The first-order valence-electron chi connectivity index (χ1n) is 12.9. The zero-order valence-corrected chi connectivity index (χ0v) is 24.8. The van der Waals surface area contributed by atoms with E-state index in [1.165, 1.54) is 41.6 Å². The Bertz CT molecular complexity index is 1440. The van der Waals surface area contributed by atoms with Gasteiger partial charge in [0.05, 0.1) is 0 Å². The minimum absolute atomic E-state index is 1.09. The molecule has 0 radical (unpaired) electrons. The van der Waals surface area contributed by atoms with Crippen LogP contribution in [0.3, 0.4) is 0 Å². The summed E-state index contributed by atoms with van der Waals surface area (Å²) in [5.41, 5.74) is 15.1. The van der Waals surface area contributed by atoms with Crippen molar-refractivity contribution in [3.8, 4) is 22.3 Å². The molecule has 0 aliphatic heterocycles. The molecule has 0 saturated carbocycles. The first-order chi connectivity index (χ1) is 16.4. The molecule has 0 atom stereocenters. The summed E-state index contributed by atoms with van der Waals surface area (Å²) in [6, 6.07) is 28.1. The first-order valence-corrected chi connectivity index (χ1v) is 24.7. The second kappa shape index (κ2) is 7.74. The molecular formula is C32H34SiZr. The van der Waals surface area contributed by atoms with Crippen LogP contribution in [-0.4, -0.2) is 6.88 Å². The third-order valence-electron chi connectivity index (χ3n) is 9.67. The molecule has 0 saturated heterocycles. The van der Waals surface area contributed by atoms with Crippen LogP contribution >= 0.6 is 0 Å². The van der Waals surface area contributed by atoms with Crippen LogP contribution < -0.4 is 6.54 Å². The van der Waals surface area contributed by atoms with Crippen LogP contribution in [0.25, 0.3) is 22.3 Å². The second-order valence-electron chi connectivity index (χ2n) is 10.8.